The summed E-state index contributed by atoms with van der Waals surface area (Å²) in [7, 11) is -1.25. The molecule has 0 aliphatic rings. The van der Waals surface area contributed by atoms with E-state index in [4.69, 9.17) is 26.7 Å². The topological polar surface area (TPSA) is 25.8 Å². The molecule has 0 saturated heterocycles. The van der Waals surface area contributed by atoms with E-state index < -0.39 is 15.2 Å². The summed E-state index contributed by atoms with van der Waals surface area (Å²) in [6.45, 7) is 5.90. The third-order valence-electron chi connectivity index (χ3n) is 0.619. The zero-order valence-electron chi connectivity index (χ0n) is 6.74. The van der Waals surface area contributed by atoms with Crippen molar-refractivity contribution in [2.75, 3.05) is 0 Å². The summed E-state index contributed by atoms with van der Waals surface area (Å²) in [6.07, 6.45) is 0. The van der Waals surface area contributed by atoms with E-state index in [2.05, 4.69) is 19.6 Å². The highest BCUT2D eigenvalue weighted by Crippen LogP contribution is 2.11. The van der Waals surface area contributed by atoms with Gasteiger partial charge in [-0.2, -0.15) is 0 Å². The highest BCUT2D eigenvalue weighted by molar-refractivity contribution is 7.41. The van der Waals surface area contributed by atoms with Crippen LogP contribution in [0.4, 0.5) is 0 Å². The number of quaternary nitrogens is 1. The smallest absolute Gasteiger partial charge is 0.268 e. The Labute approximate surface area is 73.4 Å². The monoisotopic (exact) mass is 218 g/mol. The van der Waals surface area contributed by atoms with Crippen LogP contribution in [-0.2, 0) is 4.53 Å². The molecule has 6 heteroatoms. The van der Waals surface area contributed by atoms with Crippen molar-refractivity contribution >= 4 is 37.3 Å². The predicted octanol–water partition coefficient (Wildman–Crippen LogP) is 1.36. The summed E-state index contributed by atoms with van der Waals surface area (Å²) in [5, 5.41) is 1.83. The van der Waals surface area contributed by atoms with Gasteiger partial charge < -0.3 is 0 Å². The first kappa shape index (κ1) is 10.9. The Bertz CT molecular complexity index is 94.8. The van der Waals surface area contributed by atoms with Crippen LogP contribution >= 0.6 is 22.2 Å². The van der Waals surface area contributed by atoms with Crippen LogP contribution in [0.25, 0.3) is 0 Å². The minimum Gasteiger partial charge on any atom is -0.268 e. The first-order valence-electron chi connectivity index (χ1n) is 3.11. The molecule has 0 amide bonds. The van der Waals surface area contributed by atoms with Gasteiger partial charge in [0.15, 0.2) is 0 Å². The lowest BCUT2D eigenvalue weighted by molar-refractivity contribution is -0.769. The van der Waals surface area contributed by atoms with Crippen LogP contribution in [0.5, 0.6) is 0 Å². The van der Waals surface area contributed by atoms with Crippen molar-refractivity contribution in [2.24, 2.45) is 0 Å². The van der Waals surface area contributed by atoms with Crippen molar-refractivity contribution in [1.82, 2.24) is 0 Å². The Morgan fingerprint density at radius 3 is 1.60 bits per heavy atom. The number of rotatable bonds is 3. The van der Waals surface area contributed by atoms with E-state index in [9.17, 15) is 0 Å². The summed E-state index contributed by atoms with van der Waals surface area (Å²) in [4.78, 5) is 0. The quantitative estimate of drug-likeness (QED) is 0.433. The van der Waals surface area contributed by atoms with Crippen molar-refractivity contribution in [2.45, 2.75) is 26.2 Å². The lowest BCUT2D eigenvalue weighted by atomic mass is 11.8. The van der Waals surface area contributed by atoms with Crippen LogP contribution < -0.4 is 5.15 Å². The van der Waals surface area contributed by atoms with Crippen molar-refractivity contribution in [1.29, 1.82) is 0 Å². The Morgan fingerprint density at radius 1 is 1.10 bits per heavy atom. The second kappa shape index (κ2) is 3.56. The minimum absolute atomic E-state index is 1.25. The normalized spacial score (nSPS) is 13.8. The molecule has 0 radical (unpaired) electrons. The van der Waals surface area contributed by atoms with Crippen LogP contribution in [-0.4, -0.2) is 15.2 Å². The van der Waals surface area contributed by atoms with Gasteiger partial charge in [-0.15, -0.1) is 22.2 Å². The van der Waals surface area contributed by atoms with Gasteiger partial charge in [-0.25, -0.2) is 4.53 Å². The molecule has 0 aromatic rings. The van der Waals surface area contributed by atoms with Gasteiger partial charge in [0.05, 0.1) is 0 Å². The molecule has 0 spiro atoms. The standard InChI is InChI=1S/C4H14Cl2NOSi2/c1-9(2,3)7-8-10(4,5)6/h7H2,1-4H3/q+1. The molecule has 10 heavy (non-hydrogen) atoms. The van der Waals surface area contributed by atoms with Gasteiger partial charge >= 0.3 is 15.2 Å². The zero-order chi connectivity index (χ0) is 8.41. The highest BCUT2D eigenvalue weighted by atomic mass is 35.7. The van der Waals surface area contributed by atoms with E-state index in [1.54, 1.807) is 6.55 Å². The highest BCUT2D eigenvalue weighted by Gasteiger charge is 2.31. The first-order valence-corrected chi connectivity index (χ1v) is 11.1. The summed E-state index contributed by atoms with van der Waals surface area (Å²) < 4.78 is 5.20. The summed E-state index contributed by atoms with van der Waals surface area (Å²) in [5.74, 6) is 0. The van der Waals surface area contributed by atoms with Gasteiger partial charge in [0.1, 0.15) is 0 Å². The first-order chi connectivity index (χ1) is 4.21. The predicted molar refractivity (Wildman–Crippen MR) is 49.7 cm³/mol. The fraction of sp³-hybridized carbons (Fsp3) is 1.00. The maximum atomic E-state index is 5.71. The SMILES string of the molecule is C[Si](C)(C)[NH2+]O[Si](C)(Cl)Cl. The molecule has 0 fully saturated rings. The molecule has 2 nitrogen and oxygen atoms in total. The van der Waals surface area contributed by atoms with Gasteiger partial charge in [-0.3, -0.25) is 5.15 Å². The summed E-state index contributed by atoms with van der Waals surface area (Å²) in [6, 6.07) is 0. The molecule has 0 rings (SSSR count). The Balaban J connectivity index is 3.56. The number of nitrogens with two attached hydrogens (primary N) is 1. The maximum Gasteiger partial charge on any atom is 0.451 e. The average Bonchev–Trinajstić information content (AvgIpc) is 1.57. The van der Waals surface area contributed by atoms with E-state index >= 15 is 0 Å². The fourth-order valence-corrected chi connectivity index (χ4v) is 3.32. The molecule has 2 N–H and O–H groups in total. The molecule has 0 bridgehead atoms. The second-order valence-electron chi connectivity index (χ2n) is 3.41. The van der Waals surface area contributed by atoms with E-state index in [0.717, 1.165) is 0 Å². The van der Waals surface area contributed by atoms with Crippen molar-refractivity contribution < 1.29 is 9.67 Å². The lowest BCUT2D eigenvalue weighted by Crippen LogP contribution is -2.98. The van der Waals surface area contributed by atoms with Gasteiger partial charge in [-0.05, 0) is 26.2 Å². The van der Waals surface area contributed by atoms with Crippen LogP contribution in [0.2, 0.25) is 26.2 Å². The van der Waals surface area contributed by atoms with E-state index in [1.165, 1.54) is 0 Å². The van der Waals surface area contributed by atoms with E-state index in [1.807, 2.05) is 5.15 Å². The molecule has 62 valence electrons. The summed E-state index contributed by atoms with van der Waals surface area (Å²) >= 11 is 11.4. The Kier molecular flexibility index (Phi) is 3.89. The number of hydrogen-bond donors (Lipinski definition) is 1. The molecule has 0 saturated carbocycles. The average molecular weight is 219 g/mol. The molecule has 0 atom stereocenters. The zero-order valence-corrected chi connectivity index (χ0v) is 10.3. The third-order valence-corrected chi connectivity index (χ3v) is 2.75. The lowest BCUT2D eigenvalue weighted by Gasteiger charge is -2.16. The van der Waals surface area contributed by atoms with Gasteiger partial charge in [-0.1, -0.05) is 0 Å². The van der Waals surface area contributed by atoms with Crippen LogP contribution in [0.15, 0.2) is 0 Å². The molecule has 0 aromatic heterocycles. The maximum absolute atomic E-state index is 5.71. The molecular formula is C4H14Cl2NOSi2+. The Hall–Kier alpha value is 0.934. The fourth-order valence-electron chi connectivity index (χ4n) is 0.280. The van der Waals surface area contributed by atoms with E-state index in [0.29, 0.717) is 0 Å². The molecule has 0 heterocycles. The van der Waals surface area contributed by atoms with Gasteiger partial charge in [0, 0.05) is 0 Å². The molecule has 0 aliphatic carbocycles. The molecule has 0 aliphatic heterocycles. The number of halogens is 2. The minimum atomic E-state index is -2.34. The van der Waals surface area contributed by atoms with Crippen LogP contribution in [0, 0.1) is 0 Å². The second-order valence-corrected chi connectivity index (χ2v) is 15.1. The van der Waals surface area contributed by atoms with Crippen LogP contribution in [0.3, 0.4) is 0 Å². The van der Waals surface area contributed by atoms with E-state index in [-0.39, 0.29) is 0 Å². The van der Waals surface area contributed by atoms with Gasteiger partial charge in [0.2, 0.25) is 0 Å². The van der Waals surface area contributed by atoms with Crippen molar-refractivity contribution in [3.8, 4) is 0 Å². The third kappa shape index (κ3) is 8.93. The van der Waals surface area contributed by atoms with Crippen molar-refractivity contribution in [3.63, 3.8) is 0 Å². The Morgan fingerprint density at radius 2 is 1.50 bits per heavy atom. The summed E-state index contributed by atoms with van der Waals surface area (Å²) in [5.41, 5.74) is 0. The molecule has 0 unspecified atom stereocenters. The molecular weight excluding hydrogens is 205 g/mol. The largest absolute Gasteiger partial charge is 0.451 e. The van der Waals surface area contributed by atoms with Crippen LogP contribution in [0.1, 0.15) is 0 Å². The molecule has 0 aromatic carbocycles. The van der Waals surface area contributed by atoms with Gasteiger partial charge in [0.25, 0.3) is 0 Å². The van der Waals surface area contributed by atoms with Crippen molar-refractivity contribution in [3.05, 3.63) is 0 Å². The number of hydrogen-bond acceptors (Lipinski definition) is 1.